The van der Waals surface area contributed by atoms with Gasteiger partial charge in [-0.3, -0.25) is 9.59 Å². The molecule has 1 rings (SSSR count). The van der Waals surface area contributed by atoms with Crippen molar-refractivity contribution in [3.8, 4) is 0 Å². The first-order valence-corrected chi connectivity index (χ1v) is 7.93. The van der Waals surface area contributed by atoms with Crippen LogP contribution < -0.4 is 0 Å². The molecule has 120 valence electrons. The van der Waals surface area contributed by atoms with E-state index in [2.05, 4.69) is 6.92 Å². The molecular formula is C17H35NO2. The molecule has 0 spiro atoms. The van der Waals surface area contributed by atoms with Crippen molar-refractivity contribution in [3.63, 3.8) is 0 Å². The fraction of sp³-hybridized carbons (Fsp3) is 0.882. The smallest absolute Gasteiger partial charge is 0.222 e. The number of rotatable bonds is 6. The first kappa shape index (κ1) is 21.4. The maximum atomic E-state index is 11.9. The highest BCUT2D eigenvalue weighted by molar-refractivity contribution is 5.80. The van der Waals surface area contributed by atoms with Crippen LogP contribution in [0.25, 0.3) is 0 Å². The Balaban J connectivity index is 0. The summed E-state index contributed by atoms with van der Waals surface area (Å²) < 4.78 is 0. The minimum atomic E-state index is 0. The zero-order valence-electron chi connectivity index (χ0n) is 13.2. The van der Waals surface area contributed by atoms with Crippen molar-refractivity contribution < 1.29 is 9.59 Å². The zero-order valence-corrected chi connectivity index (χ0v) is 13.2. The van der Waals surface area contributed by atoms with Crippen LogP contribution in [0.15, 0.2) is 0 Å². The van der Waals surface area contributed by atoms with Gasteiger partial charge in [0.25, 0.3) is 0 Å². The van der Waals surface area contributed by atoms with Crippen molar-refractivity contribution >= 4 is 11.7 Å². The van der Waals surface area contributed by atoms with Crippen molar-refractivity contribution in [1.29, 1.82) is 0 Å². The van der Waals surface area contributed by atoms with Crippen LogP contribution in [0.3, 0.4) is 0 Å². The van der Waals surface area contributed by atoms with Gasteiger partial charge in [0.05, 0.1) is 0 Å². The number of hydrogen-bond donors (Lipinski definition) is 0. The normalized spacial score (nSPS) is 14.9. The van der Waals surface area contributed by atoms with Crippen LogP contribution in [0, 0.1) is 5.92 Å². The van der Waals surface area contributed by atoms with Gasteiger partial charge in [-0.15, -0.1) is 0 Å². The van der Waals surface area contributed by atoms with Gasteiger partial charge in [0.1, 0.15) is 5.78 Å². The zero-order chi connectivity index (χ0) is 14.7. The molecule has 1 aliphatic heterocycles. The average Bonchev–Trinajstić information content (AvgIpc) is 2.42. The van der Waals surface area contributed by atoms with Gasteiger partial charge in [-0.1, -0.05) is 35.1 Å². The lowest BCUT2D eigenvalue weighted by Crippen LogP contribution is -2.37. The Morgan fingerprint density at radius 1 is 1.05 bits per heavy atom. The Labute approximate surface area is 126 Å². The number of ketones is 1. The number of amides is 1. The number of carbonyl (C=O) groups is 2. The highest BCUT2D eigenvalue weighted by atomic mass is 16.2. The van der Waals surface area contributed by atoms with E-state index in [1.165, 1.54) is 0 Å². The molecule has 0 bridgehead atoms. The van der Waals surface area contributed by atoms with Crippen molar-refractivity contribution in [2.75, 3.05) is 13.1 Å². The van der Waals surface area contributed by atoms with E-state index >= 15 is 0 Å². The molecule has 1 heterocycles. The van der Waals surface area contributed by atoms with Gasteiger partial charge < -0.3 is 4.90 Å². The summed E-state index contributed by atoms with van der Waals surface area (Å²) in [5, 5.41) is 0. The molecule has 0 aromatic heterocycles. The lowest BCUT2D eigenvalue weighted by atomic mass is 9.99. The Hall–Kier alpha value is -0.860. The van der Waals surface area contributed by atoms with Gasteiger partial charge in [-0.05, 0) is 31.6 Å². The fourth-order valence-corrected chi connectivity index (χ4v) is 2.26. The summed E-state index contributed by atoms with van der Waals surface area (Å²) in [5.74, 6) is 1.29. The van der Waals surface area contributed by atoms with Crippen LogP contribution in [-0.2, 0) is 9.59 Å². The first-order valence-electron chi connectivity index (χ1n) is 7.93. The predicted octanol–water partition coefficient (Wildman–Crippen LogP) is 4.45. The molecule has 20 heavy (non-hydrogen) atoms. The topological polar surface area (TPSA) is 37.4 Å². The standard InChI is InChI=1S/C14H25NO2.C2H6.CH4/c1-3-5-13(16)6-4-7-14(17)15-10-8-12(2)9-11-15;1-2;/h12H,3-11H2,1-2H3;1-2H3;1H4. The number of carbonyl (C=O) groups excluding carboxylic acids is 2. The lowest BCUT2D eigenvalue weighted by Gasteiger charge is -2.30. The maximum absolute atomic E-state index is 11.9. The number of hydrogen-bond acceptors (Lipinski definition) is 2. The number of likely N-dealkylation sites (tertiary alicyclic amines) is 1. The largest absolute Gasteiger partial charge is 0.343 e. The molecule has 1 amide bonds. The quantitative estimate of drug-likeness (QED) is 0.723. The second-order valence-electron chi connectivity index (χ2n) is 5.21. The van der Waals surface area contributed by atoms with Gasteiger partial charge in [0, 0.05) is 32.4 Å². The summed E-state index contributed by atoms with van der Waals surface area (Å²) in [6, 6.07) is 0. The van der Waals surface area contributed by atoms with E-state index in [9.17, 15) is 9.59 Å². The number of piperidine rings is 1. The molecule has 0 radical (unpaired) electrons. The van der Waals surface area contributed by atoms with Crippen LogP contribution in [0.1, 0.15) is 80.1 Å². The van der Waals surface area contributed by atoms with E-state index in [4.69, 9.17) is 0 Å². The molecule has 3 heteroatoms. The first-order chi connectivity index (χ1) is 9.13. The minimum Gasteiger partial charge on any atom is -0.343 e. The summed E-state index contributed by atoms with van der Waals surface area (Å²) in [5.41, 5.74) is 0. The SMILES string of the molecule is C.CC.CCCC(=O)CCCC(=O)N1CCC(C)CC1. The van der Waals surface area contributed by atoms with E-state index in [0.29, 0.717) is 25.0 Å². The summed E-state index contributed by atoms with van der Waals surface area (Å²) in [6.07, 6.45) is 5.67. The Kier molecular flexibility index (Phi) is 14.1. The molecule has 0 aromatic rings. The van der Waals surface area contributed by atoms with Crippen molar-refractivity contribution in [1.82, 2.24) is 4.90 Å². The Bertz CT molecular complexity index is 256. The molecule has 1 fully saturated rings. The Morgan fingerprint density at radius 2 is 1.60 bits per heavy atom. The second kappa shape index (κ2) is 13.1. The van der Waals surface area contributed by atoms with Crippen LogP contribution in [0.5, 0.6) is 0 Å². The van der Waals surface area contributed by atoms with E-state index < -0.39 is 0 Å². The minimum absolute atomic E-state index is 0. The van der Waals surface area contributed by atoms with Gasteiger partial charge in [0.2, 0.25) is 5.91 Å². The summed E-state index contributed by atoms with van der Waals surface area (Å²) >= 11 is 0. The molecule has 0 atom stereocenters. The van der Waals surface area contributed by atoms with Crippen LogP contribution in [0.2, 0.25) is 0 Å². The maximum Gasteiger partial charge on any atom is 0.222 e. The number of Topliss-reactive ketones (excluding diaryl/α,β-unsaturated/α-hetero) is 1. The fourth-order valence-electron chi connectivity index (χ4n) is 2.26. The third-order valence-corrected chi connectivity index (χ3v) is 3.51. The van der Waals surface area contributed by atoms with E-state index in [1.54, 1.807) is 0 Å². The highest BCUT2D eigenvalue weighted by Gasteiger charge is 2.19. The molecule has 3 nitrogen and oxygen atoms in total. The van der Waals surface area contributed by atoms with E-state index in [0.717, 1.165) is 44.7 Å². The number of nitrogens with zero attached hydrogens (tertiary/aromatic N) is 1. The monoisotopic (exact) mass is 285 g/mol. The average molecular weight is 285 g/mol. The summed E-state index contributed by atoms with van der Waals surface area (Å²) in [6.45, 7) is 10.1. The third kappa shape index (κ3) is 9.11. The van der Waals surface area contributed by atoms with Gasteiger partial charge in [-0.25, -0.2) is 0 Å². The van der Waals surface area contributed by atoms with Crippen molar-refractivity contribution in [2.24, 2.45) is 5.92 Å². The molecule has 1 saturated heterocycles. The summed E-state index contributed by atoms with van der Waals surface area (Å²) in [4.78, 5) is 25.1. The van der Waals surface area contributed by atoms with Crippen LogP contribution >= 0.6 is 0 Å². The van der Waals surface area contributed by atoms with Gasteiger partial charge in [-0.2, -0.15) is 0 Å². The molecule has 0 aliphatic carbocycles. The molecule has 0 N–H and O–H groups in total. The predicted molar refractivity (Wildman–Crippen MR) is 86.8 cm³/mol. The lowest BCUT2D eigenvalue weighted by molar-refractivity contribution is -0.132. The summed E-state index contributed by atoms with van der Waals surface area (Å²) in [7, 11) is 0. The Morgan fingerprint density at radius 3 is 2.10 bits per heavy atom. The van der Waals surface area contributed by atoms with Crippen LogP contribution in [-0.4, -0.2) is 29.7 Å². The van der Waals surface area contributed by atoms with Gasteiger partial charge >= 0.3 is 0 Å². The van der Waals surface area contributed by atoms with E-state index in [1.807, 2.05) is 25.7 Å². The highest BCUT2D eigenvalue weighted by Crippen LogP contribution is 2.17. The van der Waals surface area contributed by atoms with Gasteiger partial charge in [0.15, 0.2) is 0 Å². The molecule has 1 aliphatic rings. The van der Waals surface area contributed by atoms with Crippen LogP contribution in [0.4, 0.5) is 0 Å². The van der Waals surface area contributed by atoms with E-state index in [-0.39, 0.29) is 13.3 Å². The van der Waals surface area contributed by atoms with Crippen molar-refractivity contribution in [2.45, 2.75) is 80.1 Å². The second-order valence-corrected chi connectivity index (χ2v) is 5.21. The molecule has 0 unspecified atom stereocenters. The molecule has 0 saturated carbocycles. The molecule has 0 aromatic carbocycles. The molecular weight excluding hydrogens is 250 g/mol. The van der Waals surface area contributed by atoms with Crippen molar-refractivity contribution in [3.05, 3.63) is 0 Å². The third-order valence-electron chi connectivity index (χ3n) is 3.51.